The minimum atomic E-state index is -5.41. The minimum Gasteiger partial charge on any atom is -0.489 e. The molecule has 12 N–H and O–H groups in total. The number of hydrogen-bond acceptors (Lipinski definition) is 24. The molecule has 4 atom stereocenters. The number of aromatic nitrogens is 6. The van der Waals surface area contributed by atoms with Crippen LogP contribution in [0, 0.1) is 11.6 Å². The molecule has 2 aromatic carbocycles. The Morgan fingerprint density at radius 3 is 1.39 bits per heavy atom. The molecule has 0 bridgehead atoms. The SMILES string of the molecule is C[n+]1cc(-c2ccc(OC[C@H](O/N=C(\C(=O)N[C@@H]3C(=O)N(OS(=O)(=O)ON4C(=O)[C@@H](NC(=O)/C(=N\O[C@@H](COc5ccc(-c6cn(CCCN)[n+](C)c6)c(F)c5)C(=O)O)c5csc(N)n5)C4(C)C)C3(C)C)c3csc(N)n3)C(=O)O)cc2F)cn1CCCN. The number of carboxylic acids is 2. The summed E-state index contributed by atoms with van der Waals surface area (Å²) in [5.74, 6) is -9.44. The first-order chi connectivity index (χ1) is 42.0. The zero-order valence-electron chi connectivity index (χ0n) is 48.3. The first-order valence-corrected chi connectivity index (χ1v) is 29.8. The number of nitrogens with zero attached hydrogens (tertiary/aromatic N) is 10. The monoisotopic (exact) mass is 1300 g/mol. The van der Waals surface area contributed by atoms with E-state index in [1.807, 2.05) is 9.36 Å². The number of nitrogens with one attached hydrogen (secondary N) is 2. The first kappa shape index (κ1) is 65.7. The van der Waals surface area contributed by atoms with E-state index in [1.165, 1.54) is 62.7 Å². The summed E-state index contributed by atoms with van der Waals surface area (Å²) < 4.78 is 85.9. The highest BCUT2D eigenvalue weighted by Crippen LogP contribution is 2.37. The van der Waals surface area contributed by atoms with Crippen molar-refractivity contribution in [3.8, 4) is 33.8 Å². The molecule has 0 saturated carbocycles. The Morgan fingerprint density at radius 1 is 0.697 bits per heavy atom. The summed E-state index contributed by atoms with van der Waals surface area (Å²) in [6, 6.07) is 4.65. The number of rotatable bonds is 30. The summed E-state index contributed by atoms with van der Waals surface area (Å²) in [7, 11) is -1.83. The van der Waals surface area contributed by atoms with Gasteiger partial charge in [-0.25, -0.2) is 28.3 Å². The van der Waals surface area contributed by atoms with Crippen LogP contribution in [0.4, 0.5) is 19.0 Å². The van der Waals surface area contributed by atoms with E-state index in [0.29, 0.717) is 60.3 Å². The van der Waals surface area contributed by atoms with Crippen LogP contribution >= 0.6 is 22.7 Å². The number of β-lactam (4-membered cyclic amide) rings is 2. The van der Waals surface area contributed by atoms with Crippen molar-refractivity contribution in [1.82, 2.24) is 40.1 Å². The predicted octanol–water partition coefficient (Wildman–Crippen LogP) is -0.149. The van der Waals surface area contributed by atoms with Crippen LogP contribution in [0.2, 0.25) is 0 Å². The third-order valence-corrected chi connectivity index (χ3v) is 15.8. The lowest BCUT2D eigenvalue weighted by Crippen LogP contribution is -2.78. The van der Waals surface area contributed by atoms with E-state index in [2.05, 4.69) is 30.9 Å². The quantitative estimate of drug-likeness (QED) is 0.0126. The number of hydroxylamine groups is 4. The van der Waals surface area contributed by atoms with Gasteiger partial charge in [0.25, 0.3) is 35.8 Å². The normalized spacial score (nSPS) is 17.1. The van der Waals surface area contributed by atoms with E-state index in [4.69, 9.17) is 50.7 Å². The summed E-state index contributed by atoms with van der Waals surface area (Å²) in [5, 5.41) is 35.3. The van der Waals surface area contributed by atoms with Gasteiger partial charge in [0.05, 0.1) is 47.7 Å². The molecule has 2 aliphatic heterocycles. The summed E-state index contributed by atoms with van der Waals surface area (Å²) >= 11 is 1.73. The van der Waals surface area contributed by atoms with Crippen LogP contribution in [0.15, 0.2) is 82.3 Å². The van der Waals surface area contributed by atoms with E-state index < -0.39 is 118 Å². The standard InChI is InChI=1S/C52H60F2N16O16S3/c1-51(2)41(61-43(71)39(35-25-87-49(57)59-35)63-83-37(47(75)76)23-81-29-9-11-31(33(53)17-29)27-19-65(5)67(21-27)15-7-13-55)45(73)69(51)85-89(79,80)86-70-46(74)42(52(70,3)4)62-44(72)40(36-26-88-50(58)60-36)64-84-38(48(77)78)24-82-30-10-12-32(34(54)18-30)28-20-66(6)68(22-28)16-8-14-56/h9-12,17-22,25-26,37-38,41-42H,7-8,13-16,23-24,55-56H2,1-6H3,(H6-2,57,58,59,60,61,62,71,72,75,76,77,78)/p+2/b63-39-,64-40-/t37-,38-,41+,42+/m0/s1. The van der Waals surface area contributed by atoms with E-state index in [-0.39, 0.29) is 44.3 Å². The Morgan fingerprint density at radius 2 is 1.08 bits per heavy atom. The lowest BCUT2D eigenvalue weighted by atomic mass is 9.84. The molecular formula is C52H62F2N16O16S3+2. The average molecular weight is 1300 g/mol. The second-order valence-electron chi connectivity index (χ2n) is 20.9. The molecule has 6 heterocycles. The van der Waals surface area contributed by atoms with Crippen molar-refractivity contribution in [2.75, 3.05) is 37.8 Å². The molecule has 37 heteroatoms. The molecule has 32 nitrogen and oxygen atoms in total. The van der Waals surface area contributed by atoms with Gasteiger partial charge in [-0.05, 0) is 77.9 Å². The third kappa shape index (κ3) is 14.8. The van der Waals surface area contributed by atoms with Crippen molar-refractivity contribution in [3.63, 3.8) is 0 Å². The number of hydrogen-bond donors (Lipinski definition) is 8. The zero-order chi connectivity index (χ0) is 64.9. The highest BCUT2D eigenvalue weighted by atomic mass is 32.3. The summed E-state index contributed by atoms with van der Waals surface area (Å²) in [6.45, 7) is 5.74. The van der Waals surface area contributed by atoms with Crippen LogP contribution in [-0.2, 0) is 84.6 Å². The molecule has 4 amide bonds. The number of carbonyl (C=O) groups excluding carboxylic acids is 4. The minimum absolute atomic E-state index is 0.0536. The second kappa shape index (κ2) is 27.0. The smallest absolute Gasteiger partial charge is 0.442 e. The van der Waals surface area contributed by atoms with Crippen molar-refractivity contribution in [2.45, 2.75) is 89.0 Å². The second-order valence-corrected chi connectivity index (χ2v) is 23.8. The Balaban J connectivity index is 0.870. The van der Waals surface area contributed by atoms with Gasteiger partial charge in [-0.3, -0.25) is 19.2 Å². The van der Waals surface area contributed by atoms with Gasteiger partial charge in [-0.2, -0.15) is 27.9 Å². The lowest BCUT2D eigenvalue weighted by molar-refractivity contribution is -0.753. The molecule has 2 aliphatic rings. The number of nitrogens with two attached hydrogens (primary N) is 4. The third-order valence-electron chi connectivity index (χ3n) is 13.8. The fourth-order valence-corrected chi connectivity index (χ4v) is 10.9. The molecule has 0 spiro atoms. The lowest BCUT2D eigenvalue weighted by Gasteiger charge is -2.52. The maximum Gasteiger partial charge on any atom is 0.442 e. The van der Waals surface area contributed by atoms with Crippen molar-refractivity contribution in [3.05, 3.63) is 95.0 Å². The highest BCUT2D eigenvalue weighted by Gasteiger charge is 2.61. The summed E-state index contributed by atoms with van der Waals surface area (Å²) in [4.78, 5) is 98.0. The van der Waals surface area contributed by atoms with Gasteiger partial charge in [0.2, 0.25) is 12.4 Å². The number of halogens is 2. The number of carbonyl (C=O) groups is 6. The maximum absolute atomic E-state index is 15.4. The van der Waals surface area contributed by atoms with E-state index in [0.717, 1.165) is 34.8 Å². The molecule has 476 valence electrons. The van der Waals surface area contributed by atoms with Crippen LogP contribution in [0.25, 0.3) is 22.3 Å². The molecular weight excluding hydrogens is 1240 g/mol. The highest BCUT2D eigenvalue weighted by molar-refractivity contribution is 7.81. The number of benzene rings is 2. The average Bonchev–Trinajstić information content (AvgIpc) is 1.34. The molecule has 89 heavy (non-hydrogen) atoms. The molecule has 8 rings (SSSR count). The van der Waals surface area contributed by atoms with Gasteiger partial charge in [0.15, 0.2) is 35.8 Å². The number of oxime groups is 2. The summed E-state index contributed by atoms with van der Waals surface area (Å²) in [6.07, 6.45) is 4.51. The predicted molar refractivity (Wildman–Crippen MR) is 308 cm³/mol. The topological polar surface area (TPSA) is 435 Å². The molecule has 2 saturated heterocycles. The fourth-order valence-electron chi connectivity index (χ4n) is 8.91. The van der Waals surface area contributed by atoms with Crippen molar-refractivity contribution in [2.24, 2.45) is 35.9 Å². The number of carboxylic acid groups (broad SMARTS) is 2. The van der Waals surface area contributed by atoms with Crippen LogP contribution < -0.4 is 52.4 Å². The van der Waals surface area contributed by atoms with Crippen LogP contribution in [0.1, 0.15) is 51.9 Å². The number of ether oxygens (including phenoxy) is 2. The number of nitrogen functional groups attached to an aromatic ring is 2. The molecule has 4 aromatic heterocycles. The molecule has 2 fully saturated rings. The van der Waals surface area contributed by atoms with Crippen LogP contribution in [0.5, 0.6) is 11.5 Å². The van der Waals surface area contributed by atoms with E-state index >= 15 is 8.78 Å². The Labute approximate surface area is 512 Å². The maximum atomic E-state index is 15.4. The van der Waals surface area contributed by atoms with Gasteiger partial charge in [0.1, 0.15) is 59.8 Å². The largest absolute Gasteiger partial charge is 0.489 e. The molecule has 0 aliphatic carbocycles. The number of thiazole rings is 2. The van der Waals surface area contributed by atoms with Gasteiger partial charge < -0.3 is 62.9 Å². The fraction of sp³-hybridized carbons (Fsp3) is 0.385. The number of amides is 4. The molecule has 6 aromatic rings. The summed E-state index contributed by atoms with van der Waals surface area (Å²) in [5.41, 5.74) is 19.2. The Bertz CT molecular complexity index is 3630. The van der Waals surface area contributed by atoms with Crippen LogP contribution in [0.3, 0.4) is 0 Å². The van der Waals surface area contributed by atoms with Crippen LogP contribution in [-0.4, -0.2) is 157 Å². The number of aryl methyl sites for hydroxylation is 4. The van der Waals surface area contributed by atoms with Crippen molar-refractivity contribution in [1.29, 1.82) is 0 Å². The number of anilines is 2. The zero-order valence-corrected chi connectivity index (χ0v) is 50.7. The van der Waals surface area contributed by atoms with Gasteiger partial charge >= 0.3 is 22.3 Å². The van der Waals surface area contributed by atoms with E-state index in [9.17, 15) is 47.4 Å². The van der Waals surface area contributed by atoms with Gasteiger partial charge in [0, 0.05) is 34.0 Å². The van der Waals surface area contributed by atoms with Gasteiger partial charge in [-0.15, -0.1) is 40.6 Å². The Kier molecular flexibility index (Phi) is 19.9. The Hall–Kier alpha value is -9.27. The van der Waals surface area contributed by atoms with E-state index in [1.54, 1.807) is 48.2 Å². The van der Waals surface area contributed by atoms with Gasteiger partial charge in [-0.1, -0.05) is 10.3 Å². The van der Waals surface area contributed by atoms with Crippen molar-refractivity contribution < 1.29 is 93.3 Å². The molecule has 0 unspecified atom stereocenters. The molecule has 0 radical (unpaired) electrons. The van der Waals surface area contributed by atoms with Crippen molar-refractivity contribution >= 4 is 90.3 Å². The number of aliphatic carboxylic acids is 2. The first-order valence-electron chi connectivity index (χ1n) is 26.7.